The lowest BCUT2D eigenvalue weighted by Crippen LogP contribution is -2.40. The van der Waals surface area contributed by atoms with E-state index < -0.39 is 6.10 Å². The number of nitrogens with zero attached hydrogens (tertiary/aromatic N) is 4. The van der Waals surface area contributed by atoms with Gasteiger partial charge >= 0.3 is 0 Å². The summed E-state index contributed by atoms with van der Waals surface area (Å²) in [6, 6.07) is 17.3. The normalized spacial score (nSPS) is 19.1. The third-order valence-corrected chi connectivity index (χ3v) is 5.27. The van der Waals surface area contributed by atoms with Crippen LogP contribution in [-0.2, 0) is 0 Å². The first-order valence-electron chi connectivity index (χ1n) is 9.90. The molecule has 2 aromatic heterocycles. The number of para-hydroxylation sites is 1. The van der Waals surface area contributed by atoms with Gasteiger partial charge in [-0.05, 0) is 42.8 Å². The Kier molecular flexibility index (Phi) is 4.78. The van der Waals surface area contributed by atoms with Crippen LogP contribution in [0.2, 0.25) is 0 Å². The summed E-state index contributed by atoms with van der Waals surface area (Å²) in [5.41, 5.74) is 8.48. The number of hydrogen-bond donors (Lipinski definition) is 3. The molecule has 0 aliphatic carbocycles. The summed E-state index contributed by atoms with van der Waals surface area (Å²) < 4.78 is 7.74. The summed E-state index contributed by atoms with van der Waals surface area (Å²) in [5.74, 6) is 1.90. The highest BCUT2D eigenvalue weighted by Crippen LogP contribution is 2.34. The smallest absolute Gasteiger partial charge is 0.164 e. The van der Waals surface area contributed by atoms with Gasteiger partial charge in [-0.1, -0.05) is 18.2 Å². The zero-order chi connectivity index (χ0) is 20.5. The number of ether oxygens (including phenoxy) is 1. The monoisotopic (exact) mass is 402 g/mol. The first-order valence-corrected chi connectivity index (χ1v) is 9.90. The minimum Gasteiger partial charge on any atom is -0.457 e. The van der Waals surface area contributed by atoms with Crippen molar-refractivity contribution in [1.82, 2.24) is 25.1 Å². The van der Waals surface area contributed by atoms with Crippen molar-refractivity contribution in [2.75, 3.05) is 18.8 Å². The number of hydrogen-bond acceptors (Lipinski definition) is 7. The van der Waals surface area contributed by atoms with Crippen LogP contribution in [0.3, 0.4) is 0 Å². The lowest BCUT2D eigenvalue weighted by Gasteiger charge is -2.27. The lowest BCUT2D eigenvalue weighted by atomic mass is 10.1. The first kappa shape index (κ1) is 18.5. The second kappa shape index (κ2) is 7.74. The number of aromatic nitrogens is 4. The van der Waals surface area contributed by atoms with E-state index in [1.54, 1.807) is 0 Å². The molecule has 2 unspecified atom stereocenters. The van der Waals surface area contributed by atoms with Gasteiger partial charge in [-0.25, -0.2) is 14.6 Å². The minimum atomic E-state index is -0.417. The van der Waals surface area contributed by atoms with E-state index in [9.17, 15) is 5.11 Å². The van der Waals surface area contributed by atoms with Crippen LogP contribution in [0.1, 0.15) is 12.5 Å². The molecule has 30 heavy (non-hydrogen) atoms. The number of piperidine rings is 1. The third kappa shape index (κ3) is 3.47. The van der Waals surface area contributed by atoms with E-state index in [0.29, 0.717) is 36.4 Å². The van der Waals surface area contributed by atoms with E-state index in [-0.39, 0.29) is 6.04 Å². The molecule has 4 aromatic rings. The molecule has 1 saturated heterocycles. The van der Waals surface area contributed by atoms with Gasteiger partial charge < -0.3 is 20.9 Å². The van der Waals surface area contributed by atoms with Crippen LogP contribution >= 0.6 is 0 Å². The fraction of sp³-hybridized carbons (Fsp3) is 0.227. The number of nitrogen functional groups attached to an aromatic ring is 1. The molecule has 5 rings (SSSR count). The zero-order valence-electron chi connectivity index (χ0n) is 16.3. The third-order valence-electron chi connectivity index (χ3n) is 5.27. The highest BCUT2D eigenvalue weighted by Gasteiger charge is 2.26. The molecule has 0 radical (unpaired) electrons. The minimum absolute atomic E-state index is 0.0139. The maximum atomic E-state index is 10.1. The summed E-state index contributed by atoms with van der Waals surface area (Å²) in [5, 5.41) is 18.9. The number of benzene rings is 2. The molecule has 0 saturated carbocycles. The fourth-order valence-corrected chi connectivity index (χ4v) is 3.84. The van der Waals surface area contributed by atoms with E-state index in [0.717, 1.165) is 22.8 Å². The molecule has 1 fully saturated rings. The SMILES string of the molecule is Nc1ncnc2c1c(-c1ccc(Oc3ccccc3)cc1)nn2C1CNCC(O)C1. The number of nitrogens with two attached hydrogens (primary N) is 1. The highest BCUT2D eigenvalue weighted by atomic mass is 16.5. The molecule has 8 nitrogen and oxygen atoms in total. The second-order valence-corrected chi connectivity index (χ2v) is 7.39. The molecule has 0 bridgehead atoms. The van der Waals surface area contributed by atoms with Gasteiger partial charge in [0.25, 0.3) is 0 Å². The maximum Gasteiger partial charge on any atom is 0.164 e. The summed E-state index contributed by atoms with van der Waals surface area (Å²) in [4.78, 5) is 8.60. The van der Waals surface area contributed by atoms with Gasteiger partial charge in [0, 0.05) is 18.7 Å². The molecule has 8 heteroatoms. The predicted octanol–water partition coefficient (Wildman–Crippen LogP) is 2.76. The summed E-state index contributed by atoms with van der Waals surface area (Å²) in [6.45, 7) is 1.30. The molecule has 2 aromatic carbocycles. The van der Waals surface area contributed by atoms with Gasteiger partial charge in [-0.3, -0.25) is 0 Å². The molecule has 152 valence electrons. The van der Waals surface area contributed by atoms with Crippen LogP contribution in [0.25, 0.3) is 22.3 Å². The Hall–Kier alpha value is -3.49. The Labute approximate surface area is 173 Å². The van der Waals surface area contributed by atoms with Crippen LogP contribution in [0.4, 0.5) is 5.82 Å². The number of fused-ring (bicyclic) bond motifs is 1. The quantitative estimate of drug-likeness (QED) is 0.481. The molecule has 4 N–H and O–H groups in total. The van der Waals surface area contributed by atoms with Crippen LogP contribution in [0, 0.1) is 0 Å². The number of β-amino-alcohol motifs (C(OH)–C–C–N with tert-alkyl or cyclic N) is 1. The van der Waals surface area contributed by atoms with E-state index in [2.05, 4.69) is 15.3 Å². The van der Waals surface area contributed by atoms with Crippen molar-refractivity contribution in [2.45, 2.75) is 18.6 Å². The summed E-state index contributed by atoms with van der Waals surface area (Å²) in [7, 11) is 0. The Morgan fingerprint density at radius 1 is 1.00 bits per heavy atom. The number of aliphatic hydroxyl groups is 1. The Morgan fingerprint density at radius 3 is 2.53 bits per heavy atom. The van der Waals surface area contributed by atoms with Crippen LogP contribution in [0.15, 0.2) is 60.9 Å². The lowest BCUT2D eigenvalue weighted by molar-refractivity contribution is 0.114. The molecule has 0 spiro atoms. The van der Waals surface area contributed by atoms with Gasteiger partial charge in [0.15, 0.2) is 5.65 Å². The molecular weight excluding hydrogens is 380 g/mol. The van der Waals surface area contributed by atoms with Crippen molar-refractivity contribution < 1.29 is 9.84 Å². The molecule has 1 aliphatic heterocycles. The van der Waals surface area contributed by atoms with Crippen molar-refractivity contribution in [1.29, 1.82) is 0 Å². The van der Waals surface area contributed by atoms with Gasteiger partial charge in [0.05, 0.1) is 17.5 Å². The highest BCUT2D eigenvalue weighted by molar-refractivity contribution is 5.98. The molecule has 0 amide bonds. The van der Waals surface area contributed by atoms with Crippen LogP contribution < -0.4 is 15.8 Å². The standard InChI is InChI=1S/C22H22N6O2/c23-21-19-20(14-6-8-18(9-7-14)30-17-4-2-1-3-5-17)27-28(22(19)26-13-25-21)15-10-16(29)12-24-11-15/h1-9,13,15-16,24,29H,10-12H2,(H2,23,25,26). The Balaban J connectivity index is 1.52. The van der Waals surface area contributed by atoms with Gasteiger partial charge in [0.2, 0.25) is 0 Å². The average molecular weight is 402 g/mol. The number of rotatable bonds is 4. The van der Waals surface area contributed by atoms with Crippen LogP contribution in [0.5, 0.6) is 11.5 Å². The van der Waals surface area contributed by atoms with Crippen molar-refractivity contribution in [3.8, 4) is 22.8 Å². The zero-order valence-corrected chi connectivity index (χ0v) is 16.3. The first-order chi connectivity index (χ1) is 14.7. The predicted molar refractivity (Wildman–Crippen MR) is 114 cm³/mol. The van der Waals surface area contributed by atoms with E-state index in [1.807, 2.05) is 59.3 Å². The van der Waals surface area contributed by atoms with Crippen molar-refractivity contribution >= 4 is 16.9 Å². The topological polar surface area (TPSA) is 111 Å². The summed E-state index contributed by atoms with van der Waals surface area (Å²) in [6.07, 6.45) is 1.64. The van der Waals surface area contributed by atoms with Crippen molar-refractivity contribution in [3.63, 3.8) is 0 Å². The fourth-order valence-electron chi connectivity index (χ4n) is 3.84. The van der Waals surface area contributed by atoms with Gasteiger partial charge in [-0.2, -0.15) is 5.10 Å². The van der Waals surface area contributed by atoms with E-state index >= 15 is 0 Å². The van der Waals surface area contributed by atoms with Gasteiger partial charge in [-0.15, -0.1) is 0 Å². The number of nitrogens with one attached hydrogen (secondary N) is 1. The van der Waals surface area contributed by atoms with E-state index in [4.69, 9.17) is 15.6 Å². The number of anilines is 1. The second-order valence-electron chi connectivity index (χ2n) is 7.39. The van der Waals surface area contributed by atoms with Crippen LogP contribution in [-0.4, -0.2) is 44.0 Å². The summed E-state index contributed by atoms with van der Waals surface area (Å²) >= 11 is 0. The Bertz CT molecular complexity index is 1160. The Morgan fingerprint density at radius 2 is 1.77 bits per heavy atom. The molecular formula is C22H22N6O2. The van der Waals surface area contributed by atoms with Gasteiger partial charge in [0.1, 0.15) is 29.3 Å². The average Bonchev–Trinajstić information content (AvgIpc) is 3.16. The van der Waals surface area contributed by atoms with E-state index in [1.165, 1.54) is 6.33 Å². The van der Waals surface area contributed by atoms with Crippen molar-refractivity contribution in [2.24, 2.45) is 0 Å². The molecule has 3 heterocycles. The molecule has 2 atom stereocenters. The molecule has 1 aliphatic rings. The van der Waals surface area contributed by atoms with Crippen molar-refractivity contribution in [3.05, 3.63) is 60.9 Å². The number of aliphatic hydroxyl groups excluding tert-OH is 1. The largest absolute Gasteiger partial charge is 0.457 e. The maximum absolute atomic E-state index is 10.1.